The summed E-state index contributed by atoms with van der Waals surface area (Å²) >= 11 is 0. The van der Waals surface area contributed by atoms with Gasteiger partial charge in [0.2, 0.25) is 11.6 Å². The van der Waals surface area contributed by atoms with Gasteiger partial charge in [-0.1, -0.05) is 30.3 Å². The SMILES string of the molecule is O=C(O)c1ccnnc1-n1nnc(-c2ccccc2)n1. The van der Waals surface area contributed by atoms with E-state index in [0.717, 1.165) is 10.4 Å². The number of nitrogens with zero attached hydrogens (tertiary/aromatic N) is 6. The molecule has 0 atom stereocenters. The van der Waals surface area contributed by atoms with Crippen LogP contribution in [0.4, 0.5) is 0 Å². The van der Waals surface area contributed by atoms with Gasteiger partial charge in [-0.15, -0.1) is 20.1 Å². The topological polar surface area (TPSA) is 107 Å². The predicted molar refractivity (Wildman–Crippen MR) is 67.1 cm³/mol. The molecular formula is C12H8N6O2. The Balaban J connectivity index is 2.05. The Morgan fingerprint density at radius 1 is 1.10 bits per heavy atom. The van der Waals surface area contributed by atoms with Crippen molar-refractivity contribution >= 4 is 5.97 Å². The number of aromatic nitrogens is 6. The molecule has 0 radical (unpaired) electrons. The average molecular weight is 268 g/mol. The highest BCUT2D eigenvalue weighted by atomic mass is 16.4. The molecule has 0 aliphatic heterocycles. The lowest BCUT2D eigenvalue weighted by Gasteiger charge is -2.00. The number of hydrogen-bond donors (Lipinski definition) is 1. The van der Waals surface area contributed by atoms with Crippen LogP contribution in [0, 0.1) is 0 Å². The first-order valence-corrected chi connectivity index (χ1v) is 5.66. The van der Waals surface area contributed by atoms with Gasteiger partial charge in [-0.25, -0.2) is 4.79 Å². The largest absolute Gasteiger partial charge is 0.478 e. The van der Waals surface area contributed by atoms with Crippen LogP contribution < -0.4 is 0 Å². The number of benzene rings is 1. The molecule has 0 saturated carbocycles. The van der Waals surface area contributed by atoms with Gasteiger partial charge in [0.25, 0.3) is 0 Å². The molecule has 2 aromatic heterocycles. The van der Waals surface area contributed by atoms with E-state index >= 15 is 0 Å². The molecule has 0 spiro atoms. The molecule has 3 rings (SSSR count). The molecule has 3 aromatic rings. The van der Waals surface area contributed by atoms with E-state index in [0.29, 0.717) is 5.82 Å². The van der Waals surface area contributed by atoms with E-state index in [9.17, 15) is 4.79 Å². The first-order valence-electron chi connectivity index (χ1n) is 5.66. The number of aromatic carboxylic acids is 1. The molecule has 1 aromatic carbocycles. The monoisotopic (exact) mass is 268 g/mol. The Hall–Kier alpha value is -3.16. The smallest absolute Gasteiger partial charge is 0.339 e. The fourth-order valence-corrected chi connectivity index (χ4v) is 1.65. The summed E-state index contributed by atoms with van der Waals surface area (Å²) in [6.45, 7) is 0. The molecule has 0 unspecified atom stereocenters. The van der Waals surface area contributed by atoms with E-state index in [-0.39, 0.29) is 11.4 Å². The van der Waals surface area contributed by atoms with Gasteiger partial charge >= 0.3 is 5.97 Å². The predicted octanol–water partition coefficient (Wildman–Crippen LogP) is 0.817. The van der Waals surface area contributed by atoms with Gasteiger partial charge in [0, 0.05) is 5.56 Å². The Labute approximate surface area is 112 Å². The van der Waals surface area contributed by atoms with Crippen molar-refractivity contribution in [2.75, 3.05) is 0 Å². The minimum absolute atomic E-state index is 0.0229. The summed E-state index contributed by atoms with van der Waals surface area (Å²) < 4.78 is 0. The third kappa shape index (κ3) is 2.09. The third-order valence-electron chi connectivity index (χ3n) is 2.57. The third-order valence-corrected chi connectivity index (χ3v) is 2.57. The van der Waals surface area contributed by atoms with E-state index in [1.807, 2.05) is 30.3 Å². The van der Waals surface area contributed by atoms with E-state index in [2.05, 4.69) is 25.6 Å². The summed E-state index contributed by atoms with van der Waals surface area (Å²) in [4.78, 5) is 12.2. The molecule has 8 nitrogen and oxygen atoms in total. The number of carboxylic acids is 1. The summed E-state index contributed by atoms with van der Waals surface area (Å²) in [5, 5.41) is 28.3. The second kappa shape index (κ2) is 4.84. The van der Waals surface area contributed by atoms with Gasteiger partial charge in [-0.3, -0.25) is 0 Å². The lowest BCUT2D eigenvalue weighted by atomic mass is 10.2. The maximum absolute atomic E-state index is 11.1. The van der Waals surface area contributed by atoms with Crippen molar-refractivity contribution in [3.05, 3.63) is 48.2 Å². The van der Waals surface area contributed by atoms with Crippen molar-refractivity contribution in [3.8, 4) is 17.2 Å². The zero-order chi connectivity index (χ0) is 13.9. The second-order valence-corrected chi connectivity index (χ2v) is 3.84. The number of carboxylic acid groups (broad SMARTS) is 1. The molecule has 0 aliphatic carbocycles. The Bertz CT molecular complexity index is 755. The number of rotatable bonds is 3. The van der Waals surface area contributed by atoms with Crippen LogP contribution in [-0.4, -0.2) is 41.5 Å². The minimum Gasteiger partial charge on any atom is -0.478 e. The van der Waals surface area contributed by atoms with E-state index in [1.165, 1.54) is 12.3 Å². The van der Waals surface area contributed by atoms with Crippen LogP contribution in [0.15, 0.2) is 42.6 Å². The average Bonchev–Trinajstić information content (AvgIpc) is 2.98. The zero-order valence-corrected chi connectivity index (χ0v) is 10.1. The summed E-state index contributed by atoms with van der Waals surface area (Å²) in [7, 11) is 0. The fourth-order valence-electron chi connectivity index (χ4n) is 1.65. The van der Waals surface area contributed by atoms with Crippen LogP contribution >= 0.6 is 0 Å². The van der Waals surface area contributed by atoms with Gasteiger partial charge in [-0.2, -0.15) is 5.10 Å². The summed E-state index contributed by atoms with van der Waals surface area (Å²) in [5.74, 6) is -0.726. The molecule has 20 heavy (non-hydrogen) atoms. The highest BCUT2D eigenvalue weighted by Crippen LogP contribution is 2.14. The maximum Gasteiger partial charge on any atom is 0.339 e. The minimum atomic E-state index is -1.13. The summed E-state index contributed by atoms with van der Waals surface area (Å²) in [5.41, 5.74) is 0.733. The molecule has 0 aliphatic rings. The van der Waals surface area contributed by atoms with Crippen LogP contribution in [0.2, 0.25) is 0 Å². The Morgan fingerprint density at radius 3 is 2.65 bits per heavy atom. The van der Waals surface area contributed by atoms with Crippen molar-refractivity contribution in [1.82, 2.24) is 30.4 Å². The highest BCUT2D eigenvalue weighted by molar-refractivity contribution is 5.90. The second-order valence-electron chi connectivity index (χ2n) is 3.84. The Morgan fingerprint density at radius 2 is 1.90 bits per heavy atom. The Kier molecular flexibility index (Phi) is 2.88. The molecule has 98 valence electrons. The molecule has 0 bridgehead atoms. The van der Waals surface area contributed by atoms with Crippen LogP contribution in [0.1, 0.15) is 10.4 Å². The fraction of sp³-hybridized carbons (Fsp3) is 0. The van der Waals surface area contributed by atoms with Crippen molar-refractivity contribution in [3.63, 3.8) is 0 Å². The van der Waals surface area contributed by atoms with Gasteiger partial charge in [0.1, 0.15) is 5.56 Å². The van der Waals surface area contributed by atoms with E-state index < -0.39 is 5.97 Å². The number of carbonyl (C=O) groups is 1. The number of tetrazole rings is 1. The van der Waals surface area contributed by atoms with E-state index in [4.69, 9.17) is 5.11 Å². The van der Waals surface area contributed by atoms with Gasteiger partial charge in [0.05, 0.1) is 6.20 Å². The molecule has 1 N–H and O–H groups in total. The van der Waals surface area contributed by atoms with Gasteiger partial charge in [0.15, 0.2) is 0 Å². The first-order chi connectivity index (χ1) is 9.75. The molecule has 2 heterocycles. The number of hydrogen-bond acceptors (Lipinski definition) is 6. The van der Waals surface area contributed by atoms with Crippen molar-refractivity contribution in [2.24, 2.45) is 0 Å². The standard InChI is InChI=1S/C12H8N6O2/c19-12(20)9-6-7-13-15-11(9)18-16-10(14-17-18)8-4-2-1-3-5-8/h1-7H,(H,19,20). The van der Waals surface area contributed by atoms with Crippen molar-refractivity contribution in [2.45, 2.75) is 0 Å². The molecule has 0 saturated heterocycles. The summed E-state index contributed by atoms with van der Waals surface area (Å²) in [6.07, 6.45) is 1.29. The molecule has 8 heteroatoms. The normalized spacial score (nSPS) is 10.4. The van der Waals surface area contributed by atoms with Crippen molar-refractivity contribution < 1.29 is 9.90 Å². The van der Waals surface area contributed by atoms with Crippen LogP contribution in [0.5, 0.6) is 0 Å². The van der Waals surface area contributed by atoms with Crippen molar-refractivity contribution in [1.29, 1.82) is 0 Å². The van der Waals surface area contributed by atoms with E-state index in [1.54, 1.807) is 0 Å². The lowest BCUT2D eigenvalue weighted by Crippen LogP contribution is -2.11. The lowest BCUT2D eigenvalue weighted by molar-refractivity contribution is 0.0695. The summed E-state index contributed by atoms with van der Waals surface area (Å²) in [6, 6.07) is 10.6. The molecular weight excluding hydrogens is 260 g/mol. The maximum atomic E-state index is 11.1. The van der Waals surface area contributed by atoms with Crippen LogP contribution in [0.3, 0.4) is 0 Å². The zero-order valence-electron chi connectivity index (χ0n) is 10.1. The van der Waals surface area contributed by atoms with Gasteiger partial charge < -0.3 is 5.11 Å². The van der Waals surface area contributed by atoms with Crippen LogP contribution in [0.25, 0.3) is 17.2 Å². The van der Waals surface area contributed by atoms with Crippen LogP contribution in [-0.2, 0) is 0 Å². The molecule has 0 fully saturated rings. The highest BCUT2D eigenvalue weighted by Gasteiger charge is 2.16. The quantitative estimate of drug-likeness (QED) is 0.749. The first kappa shape index (κ1) is 11.9. The molecule has 0 amide bonds. The van der Waals surface area contributed by atoms with Gasteiger partial charge in [-0.05, 0) is 11.3 Å².